The van der Waals surface area contributed by atoms with Gasteiger partial charge in [0.05, 0.1) is 11.3 Å². The smallest absolute Gasteiger partial charge is 0.260 e. The van der Waals surface area contributed by atoms with E-state index in [1.54, 1.807) is 0 Å². The minimum absolute atomic E-state index is 0.198. The van der Waals surface area contributed by atoms with Crippen LogP contribution in [0.5, 0.6) is 0 Å². The van der Waals surface area contributed by atoms with Crippen LogP contribution in [-0.4, -0.2) is 17.6 Å². The normalized spacial score (nSPS) is 10.5. The van der Waals surface area contributed by atoms with Crippen LogP contribution in [0.1, 0.15) is 40.5 Å². The Hall–Kier alpha value is -2.30. The van der Waals surface area contributed by atoms with Crippen molar-refractivity contribution in [3.63, 3.8) is 0 Å². The first-order valence-corrected chi connectivity index (χ1v) is 7.11. The Labute approximate surface area is 124 Å². The van der Waals surface area contributed by atoms with Crippen LogP contribution >= 0.6 is 0 Å². The van der Waals surface area contributed by atoms with Crippen LogP contribution in [0.2, 0.25) is 0 Å². The van der Waals surface area contributed by atoms with E-state index >= 15 is 0 Å². The average Bonchev–Trinajstić information content (AvgIpc) is 2.78. The summed E-state index contributed by atoms with van der Waals surface area (Å²) >= 11 is 0. The molecule has 2 aromatic rings. The topological polar surface area (TPSA) is 67.2 Å². The number of amides is 1. The summed E-state index contributed by atoms with van der Waals surface area (Å²) in [7, 11) is 0. The summed E-state index contributed by atoms with van der Waals surface area (Å²) < 4.78 is 5.14. The molecule has 0 atom stereocenters. The van der Waals surface area contributed by atoms with Gasteiger partial charge in [-0.2, -0.15) is 0 Å². The van der Waals surface area contributed by atoms with Gasteiger partial charge in [0.1, 0.15) is 0 Å². The fraction of sp³-hybridized carbons (Fsp3) is 0.375. The molecule has 0 aliphatic heterocycles. The Morgan fingerprint density at radius 2 is 2.05 bits per heavy atom. The van der Waals surface area contributed by atoms with Crippen molar-refractivity contribution in [3.05, 3.63) is 40.6 Å². The third-order valence-electron chi connectivity index (χ3n) is 3.37. The van der Waals surface area contributed by atoms with Crippen molar-refractivity contribution in [1.29, 1.82) is 0 Å². The predicted octanol–water partition coefficient (Wildman–Crippen LogP) is 3.67. The molecule has 0 unspecified atom stereocenters. The van der Waals surface area contributed by atoms with E-state index in [1.165, 1.54) is 0 Å². The standard InChI is InChI=1S/C16H21N3O2/c1-5-8-17-14-7-6-10(2)9-13(14)15(20)18-16-11(3)12(4)19-21-16/h6-7,9,17H,5,8H2,1-4H3,(H,18,20). The van der Waals surface area contributed by atoms with Crippen LogP contribution in [0, 0.1) is 20.8 Å². The van der Waals surface area contributed by atoms with Gasteiger partial charge in [0.15, 0.2) is 0 Å². The summed E-state index contributed by atoms with van der Waals surface area (Å²) in [5.41, 5.74) is 4.09. The molecule has 5 nitrogen and oxygen atoms in total. The van der Waals surface area contributed by atoms with Gasteiger partial charge in [-0.15, -0.1) is 0 Å². The number of hydrogen-bond donors (Lipinski definition) is 2. The number of nitrogens with zero attached hydrogens (tertiary/aromatic N) is 1. The summed E-state index contributed by atoms with van der Waals surface area (Å²) in [6.45, 7) is 8.58. The van der Waals surface area contributed by atoms with E-state index in [2.05, 4.69) is 22.7 Å². The third-order valence-corrected chi connectivity index (χ3v) is 3.37. The summed E-state index contributed by atoms with van der Waals surface area (Å²) in [6, 6.07) is 5.78. The van der Waals surface area contributed by atoms with Crippen LogP contribution in [0.25, 0.3) is 0 Å². The monoisotopic (exact) mass is 287 g/mol. The average molecular weight is 287 g/mol. The summed E-state index contributed by atoms with van der Waals surface area (Å²) in [5.74, 6) is 0.206. The van der Waals surface area contributed by atoms with Crippen LogP contribution in [0.15, 0.2) is 22.7 Å². The fourth-order valence-electron chi connectivity index (χ4n) is 1.96. The molecule has 1 aromatic carbocycles. The van der Waals surface area contributed by atoms with E-state index in [0.29, 0.717) is 11.4 Å². The van der Waals surface area contributed by atoms with E-state index in [0.717, 1.165) is 35.5 Å². The van der Waals surface area contributed by atoms with Crippen molar-refractivity contribution in [2.24, 2.45) is 0 Å². The first-order chi connectivity index (χ1) is 10.0. The van der Waals surface area contributed by atoms with Gasteiger partial charge in [0.2, 0.25) is 5.88 Å². The van der Waals surface area contributed by atoms with Gasteiger partial charge >= 0.3 is 0 Å². The molecular weight excluding hydrogens is 266 g/mol. The number of rotatable bonds is 5. The number of anilines is 2. The maximum Gasteiger partial charge on any atom is 0.260 e. The quantitative estimate of drug-likeness (QED) is 0.880. The molecule has 1 aromatic heterocycles. The molecule has 0 spiro atoms. The van der Waals surface area contributed by atoms with Crippen molar-refractivity contribution in [3.8, 4) is 0 Å². The van der Waals surface area contributed by atoms with Gasteiger partial charge in [-0.05, 0) is 39.3 Å². The minimum atomic E-state index is -0.198. The Bertz CT molecular complexity index is 647. The molecule has 0 radical (unpaired) electrons. The van der Waals surface area contributed by atoms with E-state index < -0.39 is 0 Å². The molecule has 1 amide bonds. The zero-order valence-corrected chi connectivity index (χ0v) is 12.9. The number of hydrogen-bond acceptors (Lipinski definition) is 4. The zero-order chi connectivity index (χ0) is 15.4. The second kappa shape index (κ2) is 6.43. The fourth-order valence-corrected chi connectivity index (χ4v) is 1.96. The molecule has 2 rings (SSSR count). The maximum atomic E-state index is 12.5. The summed E-state index contributed by atoms with van der Waals surface area (Å²) in [6.07, 6.45) is 0.995. The molecule has 0 bridgehead atoms. The first-order valence-electron chi connectivity index (χ1n) is 7.11. The van der Waals surface area contributed by atoms with Crippen LogP contribution in [-0.2, 0) is 0 Å². The Morgan fingerprint density at radius 1 is 1.29 bits per heavy atom. The second-order valence-corrected chi connectivity index (χ2v) is 5.15. The molecule has 112 valence electrons. The molecule has 1 heterocycles. The highest BCUT2D eigenvalue weighted by atomic mass is 16.5. The molecule has 0 saturated heterocycles. The van der Waals surface area contributed by atoms with Crippen molar-refractivity contribution in [2.75, 3.05) is 17.2 Å². The molecule has 2 N–H and O–H groups in total. The van der Waals surface area contributed by atoms with Crippen LogP contribution in [0.4, 0.5) is 11.6 Å². The number of aromatic nitrogens is 1. The van der Waals surface area contributed by atoms with Crippen LogP contribution in [0.3, 0.4) is 0 Å². The van der Waals surface area contributed by atoms with Gasteiger partial charge in [0, 0.05) is 17.8 Å². The van der Waals surface area contributed by atoms with Crippen molar-refractivity contribution >= 4 is 17.5 Å². The molecule has 5 heteroatoms. The molecule has 0 saturated carbocycles. The highest BCUT2D eigenvalue weighted by Crippen LogP contribution is 2.22. The number of nitrogens with one attached hydrogen (secondary N) is 2. The van der Waals surface area contributed by atoms with E-state index in [-0.39, 0.29) is 5.91 Å². The van der Waals surface area contributed by atoms with Gasteiger partial charge < -0.3 is 9.84 Å². The van der Waals surface area contributed by atoms with Crippen LogP contribution < -0.4 is 10.6 Å². The van der Waals surface area contributed by atoms with Crippen molar-refractivity contribution in [1.82, 2.24) is 5.16 Å². The molecule has 0 fully saturated rings. The summed E-state index contributed by atoms with van der Waals surface area (Å²) in [4.78, 5) is 12.5. The lowest BCUT2D eigenvalue weighted by Crippen LogP contribution is -2.15. The van der Waals surface area contributed by atoms with Gasteiger partial charge in [0.25, 0.3) is 5.91 Å². The number of benzene rings is 1. The predicted molar refractivity (Wildman–Crippen MR) is 83.9 cm³/mol. The maximum absolute atomic E-state index is 12.5. The first kappa shape index (κ1) is 15.1. The van der Waals surface area contributed by atoms with E-state index in [4.69, 9.17) is 4.52 Å². The lowest BCUT2D eigenvalue weighted by atomic mass is 10.1. The molecule has 21 heavy (non-hydrogen) atoms. The molecule has 0 aliphatic rings. The zero-order valence-electron chi connectivity index (χ0n) is 12.9. The van der Waals surface area contributed by atoms with Gasteiger partial charge in [-0.1, -0.05) is 23.7 Å². The van der Waals surface area contributed by atoms with Gasteiger partial charge in [-0.25, -0.2) is 0 Å². The Kier molecular flexibility index (Phi) is 4.62. The summed E-state index contributed by atoms with van der Waals surface area (Å²) in [5, 5.41) is 9.90. The SMILES string of the molecule is CCCNc1ccc(C)cc1C(=O)Nc1onc(C)c1C. The number of aryl methyl sites for hydroxylation is 2. The van der Waals surface area contributed by atoms with Crippen molar-refractivity contribution in [2.45, 2.75) is 34.1 Å². The van der Waals surface area contributed by atoms with Gasteiger partial charge in [-0.3, -0.25) is 10.1 Å². The molecular formula is C16H21N3O2. The highest BCUT2D eigenvalue weighted by molar-refractivity contribution is 6.07. The largest absolute Gasteiger partial charge is 0.384 e. The second-order valence-electron chi connectivity index (χ2n) is 5.15. The highest BCUT2D eigenvalue weighted by Gasteiger charge is 2.16. The minimum Gasteiger partial charge on any atom is -0.384 e. The lowest BCUT2D eigenvalue weighted by molar-refractivity contribution is 0.102. The van der Waals surface area contributed by atoms with Crippen molar-refractivity contribution < 1.29 is 9.32 Å². The Balaban J connectivity index is 2.25. The third kappa shape index (κ3) is 3.42. The number of carbonyl (C=O) groups is 1. The Morgan fingerprint density at radius 3 is 2.67 bits per heavy atom. The molecule has 0 aliphatic carbocycles. The van der Waals surface area contributed by atoms with E-state index in [1.807, 2.05) is 39.0 Å². The number of carbonyl (C=O) groups excluding carboxylic acids is 1. The lowest BCUT2D eigenvalue weighted by Gasteiger charge is -2.12. The van der Waals surface area contributed by atoms with E-state index in [9.17, 15) is 4.79 Å².